The molecule has 0 amide bonds. The summed E-state index contributed by atoms with van der Waals surface area (Å²) < 4.78 is 25.4. The van der Waals surface area contributed by atoms with Gasteiger partial charge in [0, 0.05) is 40.1 Å². The van der Waals surface area contributed by atoms with Crippen LogP contribution in [0.5, 0.6) is 11.5 Å². The fraction of sp³-hybridized carbons (Fsp3) is 0.0476. The van der Waals surface area contributed by atoms with Gasteiger partial charge in [-0.2, -0.15) is 0 Å². The third-order valence-corrected chi connectivity index (χ3v) is 4.70. The zero-order chi connectivity index (χ0) is 19.1. The molecule has 0 saturated carbocycles. The summed E-state index contributed by atoms with van der Waals surface area (Å²) in [5.41, 5.74) is 3.03. The number of anilines is 2. The van der Waals surface area contributed by atoms with Gasteiger partial charge in [0.25, 0.3) is 0 Å². The number of benzene rings is 2. The number of aromatic nitrogens is 2. The third kappa shape index (κ3) is 2.97. The van der Waals surface area contributed by atoms with Gasteiger partial charge in [-0.25, -0.2) is 9.37 Å². The lowest BCUT2D eigenvalue weighted by Crippen LogP contribution is -1.96. The molecule has 1 aliphatic heterocycles. The summed E-state index contributed by atoms with van der Waals surface area (Å²) in [6.07, 6.45) is 3.38. The summed E-state index contributed by atoms with van der Waals surface area (Å²) in [7, 11) is 0. The van der Waals surface area contributed by atoms with Gasteiger partial charge in [-0.15, -0.1) is 0 Å². The molecule has 138 valence electrons. The van der Waals surface area contributed by atoms with Crippen molar-refractivity contribution in [3.05, 3.63) is 71.8 Å². The Morgan fingerprint density at radius 2 is 1.75 bits per heavy atom. The molecular formula is C21H13ClFN3O2. The molecular weight excluding hydrogens is 381 g/mol. The fourth-order valence-corrected chi connectivity index (χ4v) is 3.31. The SMILES string of the molecule is Fc1ccc(Cl)cc1-c1cc(Nc2ccncc2)c2cc3c(cc2n1)OCO3. The zero-order valence-electron chi connectivity index (χ0n) is 14.4. The van der Waals surface area contributed by atoms with Gasteiger partial charge < -0.3 is 14.8 Å². The normalized spacial score (nSPS) is 12.4. The Bertz CT molecular complexity index is 1200. The van der Waals surface area contributed by atoms with Gasteiger partial charge in [-0.1, -0.05) is 11.6 Å². The molecule has 5 rings (SSSR count). The molecule has 0 spiro atoms. The monoisotopic (exact) mass is 393 g/mol. The fourth-order valence-electron chi connectivity index (χ4n) is 3.14. The smallest absolute Gasteiger partial charge is 0.231 e. The maximum atomic E-state index is 14.5. The van der Waals surface area contributed by atoms with Gasteiger partial charge in [0.15, 0.2) is 11.5 Å². The van der Waals surface area contributed by atoms with E-state index < -0.39 is 5.82 Å². The minimum atomic E-state index is -0.396. The summed E-state index contributed by atoms with van der Waals surface area (Å²) in [6.45, 7) is 0.161. The van der Waals surface area contributed by atoms with Crippen LogP contribution in [0.2, 0.25) is 5.02 Å². The Morgan fingerprint density at radius 1 is 0.964 bits per heavy atom. The van der Waals surface area contributed by atoms with Gasteiger partial charge in [0.05, 0.1) is 16.9 Å². The molecule has 1 aliphatic rings. The van der Waals surface area contributed by atoms with Crippen LogP contribution in [-0.4, -0.2) is 16.8 Å². The Hall–Kier alpha value is -3.38. The topological polar surface area (TPSA) is 56.3 Å². The predicted octanol–water partition coefficient (Wildman–Crippen LogP) is 5.56. The van der Waals surface area contributed by atoms with Crippen LogP contribution in [0, 0.1) is 5.82 Å². The largest absolute Gasteiger partial charge is 0.454 e. The number of pyridine rings is 2. The second kappa shape index (κ2) is 6.65. The highest BCUT2D eigenvalue weighted by Gasteiger charge is 2.18. The van der Waals surface area contributed by atoms with Crippen LogP contribution in [0.4, 0.5) is 15.8 Å². The van der Waals surface area contributed by atoms with Gasteiger partial charge in [0.1, 0.15) is 5.82 Å². The highest BCUT2D eigenvalue weighted by atomic mass is 35.5. The van der Waals surface area contributed by atoms with Crippen molar-refractivity contribution in [3.63, 3.8) is 0 Å². The Morgan fingerprint density at radius 3 is 2.57 bits per heavy atom. The molecule has 4 aromatic rings. The molecule has 0 aliphatic carbocycles. The van der Waals surface area contributed by atoms with E-state index in [0.717, 1.165) is 16.8 Å². The third-order valence-electron chi connectivity index (χ3n) is 4.47. The van der Waals surface area contributed by atoms with Crippen LogP contribution < -0.4 is 14.8 Å². The Kier molecular flexibility index (Phi) is 3.98. The zero-order valence-corrected chi connectivity index (χ0v) is 15.2. The molecule has 3 heterocycles. The number of ether oxygens (including phenoxy) is 2. The van der Waals surface area contributed by atoms with Gasteiger partial charge >= 0.3 is 0 Å². The number of hydrogen-bond donors (Lipinski definition) is 1. The van der Waals surface area contributed by atoms with Crippen LogP contribution in [-0.2, 0) is 0 Å². The molecule has 0 atom stereocenters. The van der Waals surface area contributed by atoms with Crippen molar-refractivity contribution in [2.45, 2.75) is 0 Å². The molecule has 7 heteroatoms. The van der Waals surface area contributed by atoms with Gasteiger partial charge in [-0.3, -0.25) is 4.98 Å². The van der Waals surface area contributed by atoms with E-state index in [2.05, 4.69) is 15.3 Å². The van der Waals surface area contributed by atoms with E-state index in [4.69, 9.17) is 21.1 Å². The Labute approximate surface area is 164 Å². The van der Waals surface area contributed by atoms with Crippen molar-refractivity contribution < 1.29 is 13.9 Å². The second-order valence-electron chi connectivity index (χ2n) is 6.26. The summed E-state index contributed by atoms with van der Waals surface area (Å²) in [5, 5.41) is 4.61. The van der Waals surface area contributed by atoms with Crippen molar-refractivity contribution in [2.24, 2.45) is 0 Å². The number of nitrogens with zero attached hydrogens (tertiary/aromatic N) is 2. The maximum absolute atomic E-state index is 14.5. The summed E-state index contributed by atoms with van der Waals surface area (Å²) in [6, 6.07) is 13.5. The number of halogens is 2. The van der Waals surface area contributed by atoms with E-state index >= 15 is 0 Å². The van der Waals surface area contributed by atoms with Crippen molar-refractivity contribution in [2.75, 3.05) is 12.1 Å². The first-order chi connectivity index (χ1) is 13.7. The molecule has 28 heavy (non-hydrogen) atoms. The van der Waals surface area contributed by atoms with Crippen LogP contribution in [0.3, 0.4) is 0 Å². The molecule has 0 saturated heterocycles. The van der Waals surface area contributed by atoms with E-state index in [1.807, 2.05) is 18.2 Å². The second-order valence-corrected chi connectivity index (χ2v) is 6.70. The van der Waals surface area contributed by atoms with E-state index in [9.17, 15) is 4.39 Å². The highest BCUT2D eigenvalue weighted by molar-refractivity contribution is 6.30. The van der Waals surface area contributed by atoms with Crippen molar-refractivity contribution >= 4 is 33.9 Å². The maximum Gasteiger partial charge on any atom is 0.231 e. The number of fused-ring (bicyclic) bond motifs is 2. The molecule has 1 N–H and O–H groups in total. The average molecular weight is 394 g/mol. The summed E-state index contributed by atoms with van der Waals surface area (Å²) >= 11 is 6.08. The molecule has 0 radical (unpaired) electrons. The molecule has 0 bridgehead atoms. The van der Waals surface area contributed by atoms with E-state index in [0.29, 0.717) is 33.3 Å². The minimum absolute atomic E-state index is 0.161. The predicted molar refractivity (Wildman–Crippen MR) is 106 cm³/mol. The average Bonchev–Trinajstić information content (AvgIpc) is 3.16. The molecule has 2 aromatic heterocycles. The lowest BCUT2D eigenvalue weighted by atomic mass is 10.1. The van der Waals surface area contributed by atoms with Crippen LogP contribution in [0.15, 0.2) is 60.9 Å². The first kappa shape index (κ1) is 16.8. The Balaban J connectivity index is 1.74. The number of nitrogens with one attached hydrogen (secondary N) is 1. The van der Waals surface area contributed by atoms with Crippen LogP contribution in [0.25, 0.3) is 22.2 Å². The molecule has 2 aromatic carbocycles. The summed E-state index contributed by atoms with van der Waals surface area (Å²) in [5.74, 6) is 0.860. The number of rotatable bonds is 3. The van der Waals surface area contributed by atoms with Crippen LogP contribution in [0.1, 0.15) is 0 Å². The van der Waals surface area contributed by atoms with Crippen LogP contribution >= 0.6 is 11.6 Å². The molecule has 0 fully saturated rings. The number of hydrogen-bond acceptors (Lipinski definition) is 5. The lowest BCUT2D eigenvalue weighted by Gasteiger charge is -2.13. The van der Waals surface area contributed by atoms with E-state index in [1.165, 1.54) is 12.1 Å². The van der Waals surface area contributed by atoms with Crippen molar-refractivity contribution in [3.8, 4) is 22.8 Å². The molecule has 5 nitrogen and oxygen atoms in total. The lowest BCUT2D eigenvalue weighted by molar-refractivity contribution is 0.174. The highest BCUT2D eigenvalue weighted by Crippen LogP contribution is 2.40. The van der Waals surface area contributed by atoms with E-state index in [1.54, 1.807) is 30.6 Å². The summed E-state index contributed by atoms with van der Waals surface area (Å²) in [4.78, 5) is 8.67. The standard InChI is InChI=1S/C21H13ClFN3O2/c22-12-1-2-16(23)14(7-12)17-9-18(25-13-3-5-24-6-4-13)15-8-20-21(28-11-27-20)10-19(15)26-17/h1-10H,11H2,(H,24,25,26). The quantitative estimate of drug-likeness (QED) is 0.493. The van der Waals surface area contributed by atoms with Gasteiger partial charge in [0.2, 0.25) is 6.79 Å². The van der Waals surface area contributed by atoms with Crippen molar-refractivity contribution in [1.82, 2.24) is 9.97 Å². The minimum Gasteiger partial charge on any atom is -0.454 e. The van der Waals surface area contributed by atoms with E-state index in [-0.39, 0.29) is 6.79 Å². The molecule has 0 unspecified atom stereocenters. The first-order valence-electron chi connectivity index (χ1n) is 8.54. The van der Waals surface area contributed by atoms with Gasteiger partial charge in [-0.05, 0) is 42.5 Å². The first-order valence-corrected chi connectivity index (χ1v) is 8.92. The van der Waals surface area contributed by atoms with Crippen molar-refractivity contribution in [1.29, 1.82) is 0 Å².